The van der Waals surface area contributed by atoms with Gasteiger partial charge in [0.2, 0.25) is 13.9 Å². The van der Waals surface area contributed by atoms with E-state index >= 15 is 0 Å². The molecule has 0 saturated heterocycles. The molecule has 2 heterocycles. The molecule has 1 aromatic heterocycles. The van der Waals surface area contributed by atoms with E-state index in [1.54, 1.807) is 18.5 Å². The van der Waals surface area contributed by atoms with Crippen LogP contribution in [0.4, 0.5) is 0 Å². The SMILES string of the molecule is [B]N1Cc2cnccc2C1=O. The van der Waals surface area contributed by atoms with Gasteiger partial charge in [0.1, 0.15) is 0 Å². The molecule has 0 aromatic carbocycles. The van der Waals surface area contributed by atoms with Crippen LogP contribution in [0.3, 0.4) is 0 Å². The highest BCUT2D eigenvalue weighted by Crippen LogP contribution is 2.18. The summed E-state index contributed by atoms with van der Waals surface area (Å²) >= 11 is 0. The molecule has 0 unspecified atom stereocenters. The van der Waals surface area contributed by atoms with Gasteiger partial charge in [-0.2, -0.15) is 0 Å². The van der Waals surface area contributed by atoms with Gasteiger partial charge in [-0.05, 0) is 6.07 Å². The zero-order valence-corrected chi connectivity index (χ0v) is 5.82. The number of pyridine rings is 1. The van der Waals surface area contributed by atoms with E-state index in [4.69, 9.17) is 7.98 Å². The van der Waals surface area contributed by atoms with E-state index in [2.05, 4.69) is 4.98 Å². The van der Waals surface area contributed by atoms with Gasteiger partial charge < -0.3 is 4.81 Å². The number of aromatic nitrogens is 1. The van der Waals surface area contributed by atoms with Gasteiger partial charge in [0.25, 0.3) is 0 Å². The lowest BCUT2D eigenvalue weighted by Crippen LogP contribution is -2.19. The highest BCUT2D eigenvalue weighted by Gasteiger charge is 2.22. The van der Waals surface area contributed by atoms with Crippen LogP contribution in [0.15, 0.2) is 18.5 Å². The molecule has 0 atom stereocenters. The third-order valence-corrected chi connectivity index (χ3v) is 1.74. The molecule has 2 radical (unpaired) electrons. The molecule has 1 aliphatic rings. The van der Waals surface area contributed by atoms with E-state index < -0.39 is 0 Å². The van der Waals surface area contributed by atoms with Crippen LogP contribution in [0.1, 0.15) is 15.9 Å². The number of fused-ring (bicyclic) bond motifs is 1. The van der Waals surface area contributed by atoms with Crippen LogP contribution in [0.2, 0.25) is 0 Å². The minimum Gasteiger partial charge on any atom is -0.389 e. The summed E-state index contributed by atoms with van der Waals surface area (Å²) in [6, 6.07) is 1.69. The van der Waals surface area contributed by atoms with Crippen LogP contribution in [-0.4, -0.2) is 23.7 Å². The lowest BCUT2D eigenvalue weighted by atomic mass is 10.2. The Hall–Kier alpha value is -1.32. The molecular weight excluding hydrogens is 139 g/mol. The molecule has 3 nitrogen and oxygen atoms in total. The van der Waals surface area contributed by atoms with Crippen LogP contribution in [-0.2, 0) is 6.54 Å². The topological polar surface area (TPSA) is 33.2 Å². The van der Waals surface area contributed by atoms with Crippen LogP contribution in [0.25, 0.3) is 0 Å². The second-order valence-corrected chi connectivity index (χ2v) is 2.47. The van der Waals surface area contributed by atoms with Gasteiger partial charge in [0.15, 0.2) is 0 Å². The third kappa shape index (κ3) is 0.825. The van der Waals surface area contributed by atoms with E-state index in [9.17, 15) is 4.79 Å². The molecule has 0 N–H and O–H groups in total. The molecule has 1 aliphatic heterocycles. The Morgan fingerprint density at radius 2 is 2.45 bits per heavy atom. The van der Waals surface area contributed by atoms with Crippen molar-refractivity contribution in [2.24, 2.45) is 0 Å². The molecular formula is C7H5BN2O. The Bertz CT molecular complexity index is 313. The minimum absolute atomic E-state index is 0.123. The highest BCUT2D eigenvalue weighted by atomic mass is 16.2. The average molecular weight is 144 g/mol. The normalized spacial score (nSPS) is 15.3. The molecule has 0 saturated carbocycles. The zero-order chi connectivity index (χ0) is 7.84. The number of carbonyl (C=O) groups excluding carboxylic acids is 1. The van der Waals surface area contributed by atoms with E-state index in [0.29, 0.717) is 12.1 Å². The first-order valence-electron chi connectivity index (χ1n) is 3.28. The summed E-state index contributed by atoms with van der Waals surface area (Å²) < 4.78 is 0. The fraction of sp³-hybridized carbons (Fsp3) is 0.143. The molecule has 2 rings (SSSR count). The van der Waals surface area contributed by atoms with Crippen molar-refractivity contribution in [1.82, 2.24) is 9.79 Å². The van der Waals surface area contributed by atoms with E-state index in [1.807, 2.05) is 0 Å². The van der Waals surface area contributed by atoms with Crippen molar-refractivity contribution in [3.05, 3.63) is 29.6 Å². The maximum Gasteiger partial charge on any atom is 0.241 e. The van der Waals surface area contributed by atoms with Crippen LogP contribution in [0.5, 0.6) is 0 Å². The van der Waals surface area contributed by atoms with Crippen LogP contribution in [0, 0.1) is 0 Å². The molecule has 11 heavy (non-hydrogen) atoms. The molecule has 52 valence electrons. The molecule has 1 amide bonds. The summed E-state index contributed by atoms with van der Waals surface area (Å²) in [5.74, 6) is -0.123. The molecule has 1 aromatic rings. The van der Waals surface area contributed by atoms with E-state index in [1.165, 1.54) is 4.81 Å². The van der Waals surface area contributed by atoms with Crippen molar-refractivity contribution in [2.45, 2.75) is 6.54 Å². The van der Waals surface area contributed by atoms with E-state index in [-0.39, 0.29) is 5.91 Å². The van der Waals surface area contributed by atoms with Crippen molar-refractivity contribution in [1.29, 1.82) is 0 Å². The smallest absolute Gasteiger partial charge is 0.241 e. The predicted molar refractivity (Wildman–Crippen MR) is 39.9 cm³/mol. The molecule has 0 bridgehead atoms. The molecule has 4 heteroatoms. The monoisotopic (exact) mass is 144 g/mol. The third-order valence-electron chi connectivity index (χ3n) is 1.74. The van der Waals surface area contributed by atoms with Crippen molar-refractivity contribution >= 4 is 13.9 Å². The van der Waals surface area contributed by atoms with Gasteiger partial charge in [-0.3, -0.25) is 9.78 Å². The second-order valence-electron chi connectivity index (χ2n) is 2.47. The van der Waals surface area contributed by atoms with Gasteiger partial charge in [-0.15, -0.1) is 0 Å². The Labute approximate surface area is 65.5 Å². The maximum atomic E-state index is 11.2. The first-order valence-corrected chi connectivity index (χ1v) is 3.28. The summed E-state index contributed by atoms with van der Waals surface area (Å²) in [6.07, 6.45) is 3.26. The Morgan fingerprint density at radius 1 is 1.64 bits per heavy atom. The summed E-state index contributed by atoms with van der Waals surface area (Å²) in [5, 5.41) is 0. The number of hydrogen-bond acceptors (Lipinski definition) is 2. The van der Waals surface area contributed by atoms with Crippen molar-refractivity contribution in [3.63, 3.8) is 0 Å². The minimum atomic E-state index is -0.123. The lowest BCUT2D eigenvalue weighted by Gasteiger charge is -2.04. The number of amides is 1. The second kappa shape index (κ2) is 2.08. The van der Waals surface area contributed by atoms with Gasteiger partial charge in [-0.25, -0.2) is 0 Å². The van der Waals surface area contributed by atoms with Crippen molar-refractivity contribution < 1.29 is 4.79 Å². The van der Waals surface area contributed by atoms with Gasteiger partial charge in [0, 0.05) is 30.1 Å². The summed E-state index contributed by atoms with van der Waals surface area (Å²) in [7, 11) is 5.38. The van der Waals surface area contributed by atoms with E-state index in [0.717, 1.165) is 5.56 Å². The lowest BCUT2D eigenvalue weighted by molar-refractivity contribution is 0.0880. The molecule has 0 aliphatic carbocycles. The molecule has 0 spiro atoms. The standard InChI is InChI=1S/C7H5BN2O/c8-10-4-5-3-9-2-1-6(5)7(10)11/h1-3H,4H2. The quantitative estimate of drug-likeness (QED) is 0.484. The Balaban J connectivity index is 2.55. The fourth-order valence-corrected chi connectivity index (χ4v) is 1.17. The van der Waals surface area contributed by atoms with Gasteiger partial charge >= 0.3 is 0 Å². The maximum absolute atomic E-state index is 11.2. The largest absolute Gasteiger partial charge is 0.389 e. The summed E-state index contributed by atoms with van der Waals surface area (Å²) in [6.45, 7) is 0.474. The first-order chi connectivity index (χ1) is 5.29. The van der Waals surface area contributed by atoms with Crippen LogP contribution < -0.4 is 0 Å². The summed E-state index contributed by atoms with van der Waals surface area (Å²) in [5.41, 5.74) is 1.57. The first kappa shape index (κ1) is 6.40. The number of carbonyl (C=O) groups is 1. The van der Waals surface area contributed by atoms with Crippen molar-refractivity contribution in [3.8, 4) is 0 Å². The number of nitrogens with zero attached hydrogens (tertiary/aromatic N) is 2. The zero-order valence-electron chi connectivity index (χ0n) is 5.82. The predicted octanol–water partition coefficient (Wildman–Crippen LogP) is 0.121. The van der Waals surface area contributed by atoms with Gasteiger partial charge in [0.05, 0.1) is 0 Å². The van der Waals surface area contributed by atoms with Crippen molar-refractivity contribution in [2.75, 3.05) is 0 Å². The van der Waals surface area contributed by atoms with Gasteiger partial charge in [-0.1, -0.05) is 0 Å². The molecule has 0 fully saturated rings. The highest BCUT2D eigenvalue weighted by molar-refractivity contribution is 6.19. The van der Waals surface area contributed by atoms with Crippen LogP contribution >= 0.6 is 0 Å². The summed E-state index contributed by atoms with van der Waals surface area (Å²) in [4.78, 5) is 16.2. The average Bonchev–Trinajstić information content (AvgIpc) is 2.30. The Kier molecular flexibility index (Phi) is 1.21. The number of hydrogen-bond donors (Lipinski definition) is 0. The fourth-order valence-electron chi connectivity index (χ4n) is 1.17. The Morgan fingerprint density at radius 3 is 3.18 bits per heavy atom. The number of rotatable bonds is 0.